The predicted octanol–water partition coefficient (Wildman–Crippen LogP) is 1.58. The summed E-state index contributed by atoms with van der Waals surface area (Å²) >= 11 is 0. The van der Waals surface area contributed by atoms with Gasteiger partial charge in [-0.25, -0.2) is 4.79 Å². The zero-order valence-corrected chi connectivity index (χ0v) is 12.6. The first-order valence-electron chi connectivity index (χ1n) is 6.64. The van der Waals surface area contributed by atoms with E-state index < -0.39 is 12.0 Å². The molecule has 1 amide bonds. The third-order valence-electron chi connectivity index (χ3n) is 3.07. The summed E-state index contributed by atoms with van der Waals surface area (Å²) in [7, 11) is 1.30. The Morgan fingerprint density at radius 3 is 2.35 bits per heavy atom. The van der Waals surface area contributed by atoms with Crippen molar-refractivity contribution in [3.05, 3.63) is 18.0 Å². The minimum atomic E-state index is -0.677. The van der Waals surface area contributed by atoms with Crippen molar-refractivity contribution in [3.8, 4) is 0 Å². The molecule has 0 radical (unpaired) electrons. The van der Waals surface area contributed by atoms with Gasteiger partial charge in [0, 0.05) is 12.2 Å². The third kappa shape index (κ3) is 3.53. The molecule has 1 aromatic heterocycles. The Morgan fingerprint density at radius 1 is 1.30 bits per heavy atom. The minimum Gasteiger partial charge on any atom is -0.467 e. The van der Waals surface area contributed by atoms with E-state index in [1.54, 1.807) is 16.8 Å². The maximum atomic E-state index is 12.3. The van der Waals surface area contributed by atoms with Gasteiger partial charge in [0.05, 0.1) is 12.8 Å². The van der Waals surface area contributed by atoms with Crippen molar-refractivity contribution in [2.75, 3.05) is 12.8 Å². The molecule has 20 heavy (non-hydrogen) atoms. The fourth-order valence-corrected chi connectivity index (χ4v) is 1.95. The number of anilines is 1. The smallest absolute Gasteiger partial charge is 0.328 e. The lowest BCUT2D eigenvalue weighted by Gasteiger charge is -2.20. The molecule has 6 heteroatoms. The molecule has 0 aliphatic heterocycles. The lowest BCUT2D eigenvalue weighted by Crippen LogP contribution is -2.45. The van der Waals surface area contributed by atoms with Crippen LogP contribution in [0.2, 0.25) is 0 Å². The van der Waals surface area contributed by atoms with E-state index >= 15 is 0 Å². The minimum absolute atomic E-state index is 0.0637. The number of methoxy groups -OCH3 is 1. The van der Waals surface area contributed by atoms with Gasteiger partial charge in [0.15, 0.2) is 0 Å². The van der Waals surface area contributed by atoms with Crippen molar-refractivity contribution in [2.24, 2.45) is 5.92 Å². The highest BCUT2D eigenvalue weighted by atomic mass is 16.5. The first-order valence-corrected chi connectivity index (χ1v) is 6.64. The highest BCUT2D eigenvalue weighted by Crippen LogP contribution is 2.17. The van der Waals surface area contributed by atoms with Crippen molar-refractivity contribution < 1.29 is 14.3 Å². The van der Waals surface area contributed by atoms with Crippen molar-refractivity contribution in [1.29, 1.82) is 0 Å². The molecule has 0 aromatic carbocycles. The summed E-state index contributed by atoms with van der Waals surface area (Å²) in [5.41, 5.74) is 6.69. The first-order chi connectivity index (χ1) is 9.27. The Morgan fingerprint density at radius 2 is 1.90 bits per heavy atom. The van der Waals surface area contributed by atoms with Crippen LogP contribution in [0.5, 0.6) is 0 Å². The largest absolute Gasteiger partial charge is 0.467 e. The Labute approximate surface area is 119 Å². The van der Waals surface area contributed by atoms with E-state index in [2.05, 4.69) is 5.32 Å². The number of esters is 1. The average Bonchev–Trinajstić information content (AvgIpc) is 2.76. The Kier molecular flexibility index (Phi) is 5.19. The molecule has 0 bridgehead atoms. The maximum Gasteiger partial charge on any atom is 0.328 e. The standard InChI is InChI=1S/C14H23N3O3/c1-8(2)12(14(19)20-5)16-13(18)11-6-10(15)7-17(11)9(3)4/h6-9,12H,15H2,1-5H3,(H,16,18). The molecule has 112 valence electrons. The van der Waals surface area contributed by atoms with E-state index in [-0.39, 0.29) is 17.9 Å². The monoisotopic (exact) mass is 281 g/mol. The van der Waals surface area contributed by atoms with E-state index in [9.17, 15) is 9.59 Å². The van der Waals surface area contributed by atoms with Crippen LogP contribution in [0.25, 0.3) is 0 Å². The van der Waals surface area contributed by atoms with Gasteiger partial charge in [0.25, 0.3) is 5.91 Å². The number of nitrogens with zero attached hydrogens (tertiary/aromatic N) is 1. The average molecular weight is 281 g/mol. The maximum absolute atomic E-state index is 12.3. The number of nitrogens with one attached hydrogen (secondary N) is 1. The van der Waals surface area contributed by atoms with Gasteiger partial charge >= 0.3 is 5.97 Å². The number of amides is 1. The van der Waals surface area contributed by atoms with Crippen LogP contribution in [-0.2, 0) is 9.53 Å². The van der Waals surface area contributed by atoms with Gasteiger partial charge in [-0.2, -0.15) is 0 Å². The SMILES string of the molecule is COC(=O)C(NC(=O)c1cc(N)cn1C(C)C)C(C)C. The fourth-order valence-electron chi connectivity index (χ4n) is 1.95. The molecular formula is C14H23N3O3. The van der Waals surface area contributed by atoms with Crippen molar-refractivity contribution in [1.82, 2.24) is 9.88 Å². The molecule has 1 unspecified atom stereocenters. The van der Waals surface area contributed by atoms with Crippen LogP contribution in [-0.4, -0.2) is 29.6 Å². The number of carbonyl (C=O) groups is 2. The highest BCUT2D eigenvalue weighted by Gasteiger charge is 2.26. The second-order valence-electron chi connectivity index (χ2n) is 5.38. The van der Waals surface area contributed by atoms with E-state index in [1.807, 2.05) is 27.7 Å². The topological polar surface area (TPSA) is 86.3 Å². The number of aromatic nitrogens is 1. The number of ether oxygens (including phenoxy) is 1. The highest BCUT2D eigenvalue weighted by molar-refractivity contribution is 5.96. The normalized spacial score (nSPS) is 12.6. The molecule has 1 aromatic rings. The van der Waals surface area contributed by atoms with Crippen LogP contribution >= 0.6 is 0 Å². The molecule has 0 saturated heterocycles. The van der Waals surface area contributed by atoms with Gasteiger partial charge in [-0.3, -0.25) is 4.79 Å². The molecule has 0 spiro atoms. The van der Waals surface area contributed by atoms with Crippen LogP contribution in [0, 0.1) is 5.92 Å². The Balaban J connectivity index is 2.98. The number of rotatable bonds is 5. The molecule has 1 heterocycles. The lowest BCUT2D eigenvalue weighted by molar-refractivity contribution is -0.144. The molecule has 0 saturated carbocycles. The molecule has 1 rings (SSSR count). The van der Waals surface area contributed by atoms with Crippen LogP contribution in [0.3, 0.4) is 0 Å². The van der Waals surface area contributed by atoms with Crippen molar-refractivity contribution in [2.45, 2.75) is 39.8 Å². The second kappa shape index (κ2) is 6.45. The van der Waals surface area contributed by atoms with Crippen LogP contribution in [0.15, 0.2) is 12.3 Å². The van der Waals surface area contributed by atoms with E-state index in [0.717, 1.165) is 0 Å². The molecule has 0 fully saturated rings. The van der Waals surface area contributed by atoms with Crippen molar-refractivity contribution in [3.63, 3.8) is 0 Å². The van der Waals surface area contributed by atoms with Gasteiger partial charge in [0.2, 0.25) is 0 Å². The molecule has 1 atom stereocenters. The van der Waals surface area contributed by atoms with Gasteiger partial charge in [-0.05, 0) is 25.8 Å². The molecule has 0 aliphatic rings. The van der Waals surface area contributed by atoms with Gasteiger partial charge in [-0.1, -0.05) is 13.8 Å². The van der Waals surface area contributed by atoms with Crippen LogP contribution < -0.4 is 11.1 Å². The Bertz CT molecular complexity index is 492. The number of nitrogen functional groups attached to an aromatic ring is 1. The predicted molar refractivity (Wildman–Crippen MR) is 77.3 cm³/mol. The number of hydrogen-bond acceptors (Lipinski definition) is 4. The summed E-state index contributed by atoms with van der Waals surface area (Å²) in [5, 5.41) is 2.70. The van der Waals surface area contributed by atoms with Crippen LogP contribution in [0.4, 0.5) is 5.69 Å². The van der Waals surface area contributed by atoms with Gasteiger partial charge < -0.3 is 20.4 Å². The van der Waals surface area contributed by atoms with Crippen LogP contribution in [0.1, 0.15) is 44.2 Å². The lowest BCUT2D eigenvalue weighted by atomic mass is 10.0. The summed E-state index contributed by atoms with van der Waals surface area (Å²) in [5.74, 6) is -0.852. The summed E-state index contributed by atoms with van der Waals surface area (Å²) in [6.45, 7) is 7.60. The molecule has 3 N–H and O–H groups in total. The zero-order valence-electron chi connectivity index (χ0n) is 12.6. The summed E-state index contributed by atoms with van der Waals surface area (Å²) in [4.78, 5) is 24.0. The summed E-state index contributed by atoms with van der Waals surface area (Å²) in [6, 6.07) is 1.03. The molecule has 6 nitrogen and oxygen atoms in total. The summed E-state index contributed by atoms with van der Waals surface area (Å²) in [6.07, 6.45) is 1.71. The van der Waals surface area contributed by atoms with E-state index in [0.29, 0.717) is 11.4 Å². The quantitative estimate of drug-likeness (QED) is 0.802. The third-order valence-corrected chi connectivity index (χ3v) is 3.07. The second-order valence-corrected chi connectivity index (χ2v) is 5.38. The Hall–Kier alpha value is -1.98. The van der Waals surface area contributed by atoms with E-state index in [4.69, 9.17) is 10.5 Å². The van der Waals surface area contributed by atoms with Crippen molar-refractivity contribution >= 4 is 17.6 Å². The number of carbonyl (C=O) groups excluding carboxylic acids is 2. The molecular weight excluding hydrogens is 258 g/mol. The molecule has 0 aliphatic carbocycles. The van der Waals surface area contributed by atoms with Gasteiger partial charge in [-0.15, -0.1) is 0 Å². The van der Waals surface area contributed by atoms with E-state index in [1.165, 1.54) is 7.11 Å². The number of nitrogens with two attached hydrogens (primary N) is 1. The first kappa shape index (κ1) is 16.1. The zero-order chi connectivity index (χ0) is 15.4. The number of hydrogen-bond donors (Lipinski definition) is 2. The summed E-state index contributed by atoms with van der Waals surface area (Å²) < 4.78 is 6.49. The van der Waals surface area contributed by atoms with Gasteiger partial charge in [0.1, 0.15) is 11.7 Å². The fraction of sp³-hybridized carbons (Fsp3) is 0.571.